The summed E-state index contributed by atoms with van der Waals surface area (Å²) in [7, 11) is 0. The number of imidazole rings is 1. The molecule has 2 N–H and O–H groups in total. The van der Waals surface area contributed by atoms with E-state index in [9.17, 15) is 4.79 Å². The van der Waals surface area contributed by atoms with Crippen LogP contribution in [0.15, 0.2) is 47.5 Å². The summed E-state index contributed by atoms with van der Waals surface area (Å²) in [6, 6.07) is 7.02. The third-order valence-electron chi connectivity index (χ3n) is 4.18. The lowest BCUT2D eigenvalue weighted by atomic mass is 10.2. The maximum absolute atomic E-state index is 12.2. The normalized spacial score (nSPS) is 17.0. The van der Waals surface area contributed by atoms with Crippen molar-refractivity contribution in [2.24, 2.45) is 0 Å². The molecular formula is C18H18BrN5O3. The summed E-state index contributed by atoms with van der Waals surface area (Å²) in [4.78, 5) is 26.2. The minimum Gasteiger partial charge on any atom is -0.350 e. The zero-order chi connectivity index (χ0) is 18.6. The Balaban J connectivity index is 1.41. The lowest BCUT2D eigenvalue weighted by molar-refractivity contribution is -0.186. The minimum atomic E-state index is -0.372. The van der Waals surface area contributed by atoms with Crippen molar-refractivity contribution in [2.75, 3.05) is 11.9 Å². The Morgan fingerprint density at radius 2 is 2.15 bits per heavy atom. The van der Waals surface area contributed by atoms with Gasteiger partial charge in [0.05, 0.1) is 0 Å². The van der Waals surface area contributed by atoms with Crippen molar-refractivity contribution in [1.29, 1.82) is 0 Å². The first kappa shape index (κ1) is 17.9. The molecule has 3 heterocycles. The molecule has 1 amide bonds. The number of hydrogen-bond donors (Lipinski definition) is 2. The van der Waals surface area contributed by atoms with Crippen LogP contribution in [0.1, 0.15) is 29.6 Å². The molecule has 1 unspecified atom stereocenters. The molecule has 0 radical (unpaired) electrons. The van der Waals surface area contributed by atoms with Gasteiger partial charge in [-0.15, -0.1) is 0 Å². The molecule has 1 aliphatic rings. The fourth-order valence-corrected chi connectivity index (χ4v) is 3.21. The summed E-state index contributed by atoms with van der Waals surface area (Å²) in [5.74, 6) is 0.302. The van der Waals surface area contributed by atoms with Gasteiger partial charge in [0, 0.05) is 42.9 Å². The molecule has 1 atom stereocenters. The number of benzene rings is 1. The van der Waals surface area contributed by atoms with E-state index in [-0.39, 0.29) is 12.2 Å². The Labute approximate surface area is 164 Å². The monoisotopic (exact) mass is 431 g/mol. The predicted molar refractivity (Wildman–Crippen MR) is 103 cm³/mol. The lowest BCUT2D eigenvalue weighted by Crippen LogP contribution is -2.33. The number of nitrogens with one attached hydrogen (secondary N) is 2. The van der Waals surface area contributed by atoms with Crippen LogP contribution in [-0.4, -0.2) is 33.2 Å². The van der Waals surface area contributed by atoms with Crippen LogP contribution in [0.4, 0.5) is 11.5 Å². The smallest absolute Gasteiger partial charge is 0.274 e. The first-order chi connectivity index (χ1) is 13.2. The van der Waals surface area contributed by atoms with Gasteiger partial charge < -0.3 is 14.5 Å². The fraction of sp³-hybridized carbons (Fsp3) is 0.278. The number of halogens is 1. The zero-order valence-corrected chi connectivity index (χ0v) is 16.0. The molecule has 0 aliphatic carbocycles. The van der Waals surface area contributed by atoms with E-state index in [1.54, 1.807) is 30.5 Å². The number of ether oxygens (including phenoxy) is 1. The van der Waals surface area contributed by atoms with Crippen LogP contribution < -0.4 is 10.8 Å². The van der Waals surface area contributed by atoms with Crippen LogP contribution in [0.3, 0.4) is 0 Å². The van der Waals surface area contributed by atoms with E-state index in [1.807, 2.05) is 16.8 Å². The lowest BCUT2D eigenvalue weighted by Gasteiger charge is -2.22. The van der Waals surface area contributed by atoms with Crippen LogP contribution in [0, 0.1) is 0 Å². The quantitative estimate of drug-likeness (QED) is 0.601. The first-order valence-electron chi connectivity index (χ1n) is 8.63. The largest absolute Gasteiger partial charge is 0.350 e. The van der Waals surface area contributed by atoms with Crippen LogP contribution in [0.25, 0.3) is 5.65 Å². The molecule has 0 spiro atoms. The van der Waals surface area contributed by atoms with E-state index in [0.29, 0.717) is 28.2 Å². The maximum Gasteiger partial charge on any atom is 0.274 e. The van der Waals surface area contributed by atoms with Crippen molar-refractivity contribution in [3.63, 3.8) is 0 Å². The molecule has 1 aliphatic heterocycles. The number of hydrogen-bond acceptors (Lipinski definition) is 6. The highest BCUT2D eigenvalue weighted by atomic mass is 79.9. The van der Waals surface area contributed by atoms with Gasteiger partial charge in [-0.3, -0.25) is 4.79 Å². The van der Waals surface area contributed by atoms with Crippen molar-refractivity contribution < 1.29 is 14.4 Å². The van der Waals surface area contributed by atoms with Gasteiger partial charge in [-0.05, 0) is 53.0 Å². The number of hydroxylamine groups is 1. The number of fused-ring (bicyclic) bond motifs is 1. The van der Waals surface area contributed by atoms with Crippen LogP contribution in [0.2, 0.25) is 0 Å². The fourth-order valence-electron chi connectivity index (χ4n) is 2.81. The van der Waals surface area contributed by atoms with Gasteiger partial charge in [-0.25, -0.2) is 20.3 Å². The summed E-state index contributed by atoms with van der Waals surface area (Å²) < 4.78 is 7.98. The van der Waals surface area contributed by atoms with Gasteiger partial charge in [0.15, 0.2) is 17.8 Å². The van der Waals surface area contributed by atoms with Gasteiger partial charge >= 0.3 is 0 Å². The van der Waals surface area contributed by atoms with Crippen molar-refractivity contribution in [1.82, 2.24) is 19.8 Å². The van der Waals surface area contributed by atoms with Crippen molar-refractivity contribution in [2.45, 2.75) is 25.6 Å². The molecular weight excluding hydrogens is 414 g/mol. The van der Waals surface area contributed by atoms with Crippen LogP contribution in [-0.2, 0) is 9.57 Å². The van der Waals surface area contributed by atoms with Crippen molar-refractivity contribution in [3.8, 4) is 0 Å². The number of aromatic nitrogens is 3. The van der Waals surface area contributed by atoms with Gasteiger partial charge in [0.1, 0.15) is 4.60 Å². The van der Waals surface area contributed by atoms with Crippen LogP contribution >= 0.6 is 15.9 Å². The summed E-state index contributed by atoms with van der Waals surface area (Å²) in [5.41, 5.74) is 4.44. The molecule has 1 fully saturated rings. The Kier molecular flexibility index (Phi) is 5.33. The number of nitrogens with zero attached hydrogens (tertiary/aromatic N) is 3. The number of anilines is 2. The molecule has 140 valence electrons. The minimum absolute atomic E-state index is 0.313. The highest BCUT2D eigenvalue weighted by Gasteiger charge is 2.16. The molecule has 0 bridgehead atoms. The van der Waals surface area contributed by atoms with E-state index >= 15 is 0 Å². The third kappa shape index (κ3) is 4.26. The molecule has 0 saturated carbocycles. The van der Waals surface area contributed by atoms with E-state index in [4.69, 9.17) is 9.57 Å². The predicted octanol–water partition coefficient (Wildman–Crippen LogP) is 3.42. The Morgan fingerprint density at radius 1 is 1.30 bits per heavy atom. The number of rotatable bonds is 5. The van der Waals surface area contributed by atoms with E-state index in [2.05, 4.69) is 36.7 Å². The van der Waals surface area contributed by atoms with Crippen molar-refractivity contribution in [3.05, 3.63) is 53.0 Å². The SMILES string of the molecule is O=C(NOC1CCCCO1)c1ccc(Nc2nc(Br)cn3ccnc23)cc1. The average molecular weight is 432 g/mol. The molecule has 9 heteroatoms. The second-order valence-corrected chi connectivity index (χ2v) is 6.93. The second-order valence-electron chi connectivity index (χ2n) is 6.12. The molecule has 3 aromatic rings. The zero-order valence-electron chi connectivity index (χ0n) is 14.4. The summed E-state index contributed by atoms with van der Waals surface area (Å²) in [5, 5.41) is 3.22. The van der Waals surface area contributed by atoms with Gasteiger partial charge in [0.2, 0.25) is 0 Å². The first-order valence-corrected chi connectivity index (χ1v) is 9.42. The van der Waals surface area contributed by atoms with E-state index in [0.717, 1.165) is 24.9 Å². The van der Waals surface area contributed by atoms with Crippen LogP contribution in [0.5, 0.6) is 0 Å². The topological polar surface area (TPSA) is 89.8 Å². The molecule has 27 heavy (non-hydrogen) atoms. The number of carbonyl (C=O) groups is 1. The highest BCUT2D eigenvalue weighted by Crippen LogP contribution is 2.22. The third-order valence-corrected chi connectivity index (χ3v) is 4.56. The van der Waals surface area contributed by atoms with E-state index in [1.165, 1.54) is 0 Å². The highest BCUT2D eigenvalue weighted by molar-refractivity contribution is 9.10. The maximum atomic E-state index is 12.2. The van der Waals surface area contributed by atoms with Gasteiger partial charge in [-0.1, -0.05) is 0 Å². The summed E-state index contributed by atoms with van der Waals surface area (Å²) in [6.07, 6.45) is 7.86. The Bertz CT molecular complexity index is 938. The van der Waals surface area contributed by atoms with Gasteiger partial charge in [-0.2, -0.15) is 0 Å². The number of carbonyl (C=O) groups excluding carboxylic acids is 1. The summed E-state index contributed by atoms with van der Waals surface area (Å²) in [6.45, 7) is 0.661. The second kappa shape index (κ2) is 8.03. The van der Waals surface area contributed by atoms with Gasteiger partial charge in [0.25, 0.3) is 5.91 Å². The molecule has 1 aromatic carbocycles. The molecule has 2 aromatic heterocycles. The van der Waals surface area contributed by atoms with E-state index < -0.39 is 0 Å². The Morgan fingerprint density at radius 3 is 2.93 bits per heavy atom. The average Bonchev–Trinajstić information content (AvgIpc) is 3.16. The standard InChI is InChI=1S/C18H18BrN5O3/c19-14-11-24-9-8-20-17(24)16(22-14)21-13-6-4-12(5-7-13)18(25)23-27-15-3-1-2-10-26-15/h4-9,11,15H,1-3,10H2,(H,21,22)(H,23,25). The Hall–Kier alpha value is -2.49. The summed E-state index contributed by atoms with van der Waals surface area (Å²) >= 11 is 3.39. The molecule has 1 saturated heterocycles. The number of amides is 1. The molecule has 4 rings (SSSR count). The molecule has 8 nitrogen and oxygen atoms in total. The van der Waals surface area contributed by atoms with Crippen molar-refractivity contribution >= 4 is 39.0 Å².